The summed E-state index contributed by atoms with van der Waals surface area (Å²) in [5.74, 6) is -0.486. The number of hydrogen-bond donors (Lipinski definition) is 2. The van der Waals surface area contributed by atoms with Gasteiger partial charge in [0.1, 0.15) is 17.3 Å². The second-order valence-electron chi connectivity index (χ2n) is 4.00. The van der Waals surface area contributed by atoms with E-state index in [2.05, 4.69) is 10.4 Å². The zero-order valence-corrected chi connectivity index (χ0v) is 10.1. The van der Waals surface area contributed by atoms with Crippen molar-refractivity contribution < 1.29 is 9.18 Å². The molecule has 1 amide bonds. The fraction of sp³-hybridized carbons (Fsp3) is 0.167. The van der Waals surface area contributed by atoms with E-state index in [4.69, 9.17) is 5.73 Å². The van der Waals surface area contributed by atoms with Crippen LogP contribution in [0.5, 0.6) is 0 Å². The maximum absolute atomic E-state index is 13.3. The summed E-state index contributed by atoms with van der Waals surface area (Å²) in [6, 6.07) is 5.96. The molecular weight excluding hydrogens is 235 g/mol. The maximum atomic E-state index is 13.3. The molecule has 3 N–H and O–H groups in total. The van der Waals surface area contributed by atoms with E-state index in [0.29, 0.717) is 16.9 Å². The molecule has 0 fully saturated rings. The van der Waals surface area contributed by atoms with Crippen molar-refractivity contribution in [3.05, 3.63) is 41.3 Å². The molecule has 2 aromatic rings. The Hall–Kier alpha value is -2.37. The highest BCUT2D eigenvalue weighted by Gasteiger charge is 2.12. The zero-order valence-electron chi connectivity index (χ0n) is 10.1. The molecule has 0 bridgehead atoms. The van der Waals surface area contributed by atoms with Crippen molar-refractivity contribution in [3.63, 3.8) is 0 Å². The van der Waals surface area contributed by atoms with Gasteiger partial charge in [-0.05, 0) is 24.6 Å². The van der Waals surface area contributed by atoms with Crippen LogP contribution in [0.25, 0.3) is 0 Å². The number of carbonyl (C=O) groups is 1. The summed E-state index contributed by atoms with van der Waals surface area (Å²) in [5.41, 5.74) is 6.71. The number of hydrogen-bond acceptors (Lipinski definition) is 3. The minimum absolute atomic E-state index is 0.262. The molecule has 0 aliphatic rings. The highest BCUT2D eigenvalue weighted by molar-refractivity contribution is 6.03. The van der Waals surface area contributed by atoms with Gasteiger partial charge in [-0.3, -0.25) is 9.48 Å². The lowest BCUT2D eigenvalue weighted by Gasteiger charge is -2.06. The normalized spacial score (nSPS) is 10.4. The Kier molecular flexibility index (Phi) is 3.01. The number of halogens is 1. The van der Waals surface area contributed by atoms with Crippen molar-refractivity contribution in [2.24, 2.45) is 7.05 Å². The number of amides is 1. The number of nitrogens with zero attached hydrogens (tertiary/aromatic N) is 2. The molecule has 1 aromatic heterocycles. The van der Waals surface area contributed by atoms with E-state index in [1.807, 2.05) is 0 Å². The van der Waals surface area contributed by atoms with E-state index in [1.54, 1.807) is 26.1 Å². The smallest absolute Gasteiger partial charge is 0.274 e. The summed E-state index contributed by atoms with van der Waals surface area (Å²) in [4.78, 5) is 11.9. The van der Waals surface area contributed by atoms with E-state index in [1.165, 1.54) is 16.8 Å². The van der Waals surface area contributed by atoms with Crippen molar-refractivity contribution >= 4 is 17.4 Å². The standard InChI is InChI=1S/C12H13FN4O/c1-7-3-4-8(5-9(7)13)15-12(18)10-6-11(14)16-17(10)2/h3-6H,1-2H3,(H2,14,16)(H,15,18). The molecule has 0 atom stereocenters. The molecule has 0 radical (unpaired) electrons. The summed E-state index contributed by atoms with van der Waals surface area (Å²) in [6.45, 7) is 1.66. The minimum atomic E-state index is -0.384. The van der Waals surface area contributed by atoms with Crippen LogP contribution < -0.4 is 11.1 Å². The molecule has 5 nitrogen and oxygen atoms in total. The van der Waals surface area contributed by atoms with Crippen LogP contribution in [-0.2, 0) is 7.05 Å². The van der Waals surface area contributed by atoms with Crippen LogP contribution in [0, 0.1) is 12.7 Å². The maximum Gasteiger partial charge on any atom is 0.274 e. The molecule has 1 heterocycles. The van der Waals surface area contributed by atoms with Crippen LogP contribution in [0.4, 0.5) is 15.9 Å². The van der Waals surface area contributed by atoms with Crippen LogP contribution in [0.3, 0.4) is 0 Å². The molecule has 94 valence electrons. The van der Waals surface area contributed by atoms with Crippen molar-refractivity contribution in [2.45, 2.75) is 6.92 Å². The number of carbonyl (C=O) groups excluding carboxylic acids is 1. The molecule has 1 aromatic carbocycles. The number of aryl methyl sites for hydroxylation is 2. The Labute approximate surface area is 103 Å². The first-order valence-corrected chi connectivity index (χ1v) is 5.34. The fourth-order valence-electron chi connectivity index (χ4n) is 1.57. The lowest BCUT2D eigenvalue weighted by Crippen LogP contribution is -2.16. The summed E-state index contributed by atoms with van der Waals surface area (Å²) < 4.78 is 14.7. The summed E-state index contributed by atoms with van der Waals surface area (Å²) in [5, 5.41) is 6.45. The summed E-state index contributed by atoms with van der Waals surface area (Å²) in [7, 11) is 1.61. The highest BCUT2D eigenvalue weighted by Crippen LogP contribution is 2.15. The van der Waals surface area contributed by atoms with E-state index in [0.717, 1.165) is 0 Å². The molecule has 0 saturated carbocycles. The van der Waals surface area contributed by atoms with Gasteiger partial charge in [-0.1, -0.05) is 6.07 Å². The van der Waals surface area contributed by atoms with E-state index in [-0.39, 0.29) is 17.5 Å². The van der Waals surface area contributed by atoms with Gasteiger partial charge < -0.3 is 11.1 Å². The van der Waals surface area contributed by atoms with E-state index < -0.39 is 0 Å². The molecule has 0 saturated heterocycles. The number of rotatable bonds is 2. The lowest BCUT2D eigenvalue weighted by atomic mass is 10.2. The monoisotopic (exact) mass is 248 g/mol. The van der Waals surface area contributed by atoms with E-state index >= 15 is 0 Å². The molecule has 18 heavy (non-hydrogen) atoms. The average molecular weight is 248 g/mol. The number of aromatic nitrogens is 2. The number of nitrogens with one attached hydrogen (secondary N) is 1. The average Bonchev–Trinajstić information content (AvgIpc) is 2.63. The van der Waals surface area contributed by atoms with E-state index in [9.17, 15) is 9.18 Å². The first-order valence-electron chi connectivity index (χ1n) is 5.34. The van der Waals surface area contributed by atoms with Gasteiger partial charge in [0.15, 0.2) is 0 Å². The molecule has 0 aliphatic heterocycles. The Morgan fingerprint density at radius 1 is 1.44 bits per heavy atom. The van der Waals surface area contributed by atoms with Gasteiger partial charge in [0, 0.05) is 18.8 Å². The van der Waals surface area contributed by atoms with Gasteiger partial charge in [0.2, 0.25) is 0 Å². The largest absolute Gasteiger partial charge is 0.382 e. The Balaban J connectivity index is 2.21. The molecule has 2 rings (SSSR count). The van der Waals surface area contributed by atoms with Crippen LogP contribution in [0.2, 0.25) is 0 Å². The summed E-state index contributed by atoms with van der Waals surface area (Å²) >= 11 is 0. The van der Waals surface area contributed by atoms with Crippen molar-refractivity contribution in [2.75, 3.05) is 11.1 Å². The topological polar surface area (TPSA) is 72.9 Å². The minimum Gasteiger partial charge on any atom is -0.382 e. The SMILES string of the molecule is Cc1ccc(NC(=O)c2cc(N)nn2C)cc1F. The van der Waals surface area contributed by atoms with Crippen LogP contribution in [0.15, 0.2) is 24.3 Å². The number of anilines is 2. The molecule has 0 aliphatic carbocycles. The number of nitrogens with two attached hydrogens (primary N) is 1. The fourth-order valence-corrected chi connectivity index (χ4v) is 1.57. The zero-order chi connectivity index (χ0) is 13.3. The third-order valence-electron chi connectivity index (χ3n) is 2.56. The summed E-state index contributed by atoms with van der Waals surface area (Å²) in [6.07, 6.45) is 0. The quantitative estimate of drug-likeness (QED) is 0.849. The van der Waals surface area contributed by atoms with Crippen LogP contribution in [0.1, 0.15) is 16.1 Å². The van der Waals surface area contributed by atoms with Crippen LogP contribution >= 0.6 is 0 Å². The van der Waals surface area contributed by atoms with Gasteiger partial charge in [0.25, 0.3) is 5.91 Å². The molecule has 0 spiro atoms. The van der Waals surface area contributed by atoms with Gasteiger partial charge in [-0.25, -0.2) is 4.39 Å². The Bertz CT molecular complexity index is 606. The van der Waals surface area contributed by atoms with Crippen molar-refractivity contribution in [1.29, 1.82) is 0 Å². The third-order valence-corrected chi connectivity index (χ3v) is 2.56. The predicted molar refractivity (Wildman–Crippen MR) is 66.7 cm³/mol. The van der Waals surface area contributed by atoms with Crippen molar-refractivity contribution in [1.82, 2.24) is 9.78 Å². The molecule has 6 heteroatoms. The van der Waals surface area contributed by atoms with Crippen molar-refractivity contribution in [3.8, 4) is 0 Å². The first-order chi connectivity index (χ1) is 8.47. The predicted octanol–water partition coefficient (Wildman–Crippen LogP) is 1.70. The number of nitrogen functional groups attached to an aromatic ring is 1. The lowest BCUT2D eigenvalue weighted by molar-refractivity contribution is 0.101. The van der Waals surface area contributed by atoms with Gasteiger partial charge in [0.05, 0.1) is 0 Å². The number of benzene rings is 1. The molecule has 0 unspecified atom stereocenters. The second-order valence-corrected chi connectivity index (χ2v) is 4.00. The Morgan fingerprint density at radius 3 is 2.72 bits per heavy atom. The first kappa shape index (κ1) is 12.1. The van der Waals surface area contributed by atoms with Gasteiger partial charge >= 0.3 is 0 Å². The van der Waals surface area contributed by atoms with Gasteiger partial charge in [-0.15, -0.1) is 0 Å². The van der Waals surface area contributed by atoms with Crippen LogP contribution in [-0.4, -0.2) is 15.7 Å². The third kappa shape index (κ3) is 2.32. The molecular formula is C12H13FN4O. The second kappa shape index (κ2) is 4.48. The highest BCUT2D eigenvalue weighted by atomic mass is 19.1. The Morgan fingerprint density at radius 2 is 2.17 bits per heavy atom. The van der Waals surface area contributed by atoms with Gasteiger partial charge in [-0.2, -0.15) is 5.10 Å².